The normalized spacial score (nSPS) is 30.0. The molecule has 0 saturated carbocycles. The van der Waals surface area contributed by atoms with Gasteiger partial charge in [-0.15, -0.1) is 0 Å². The lowest BCUT2D eigenvalue weighted by Gasteiger charge is -2.39. The first kappa shape index (κ1) is 18.1. The minimum atomic E-state index is -1.63. The summed E-state index contributed by atoms with van der Waals surface area (Å²) in [5.41, 5.74) is 5.04. The maximum atomic E-state index is 11.6. The van der Waals surface area contributed by atoms with Crippen LogP contribution in [0.5, 0.6) is 5.75 Å². The number of carbonyl (C=O) groups is 1. The second-order valence-electron chi connectivity index (χ2n) is 5.56. The Balaban J connectivity index is 2.40. The summed E-state index contributed by atoms with van der Waals surface area (Å²) >= 11 is 0. The maximum absolute atomic E-state index is 11.6. The van der Waals surface area contributed by atoms with Gasteiger partial charge in [-0.3, -0.25) is 14.9 Å². The lowest BCUT2D eigenvalue weighted by molar-refractivity contribution is -0.385. The van der Waals surface area contributed by atoms with Gasteiger partial charge < -0.3 is 30.5 Å². The number of nitrogens with two attached hydrogens (primary N) is 1. The molecule has 0 radical (unpaired) electrons. The summed E-state index contributed by atoms with van der Waals surface area (Å²) in [5.74, 6) is -1.13. The van der Waals surface area contributed by atoms with Gasteiger partial charge in [0.15, 0.2) is 0 Å². The van der Waals surface area contributed by atoms with Gasteiger partial charge in [-0.2, -0.15) is 0 Å². The Labute approximate surface area is 136 Å². The van der Waals surface area contributed by atoms with Crippen molar-refractivity contribution in [1.29, 1.82) is 0 Å². The van der Waals surface area contributed by atoms with Crippen LogP contribution in [0.4, 0.5) is 5.69 Å². The number of non-ortho nitro benzene ring substituents is 1. The van der Waals surface area contributed by atoms with Gasteiger partial charge >= 0.3 is 0 Å². The lowest BCUT2D eigenvalue weighted by atomic mass is 10.00. The van der Waals surface area contributed by atoms with Crippen LogP contribution in [-0.2, 0) is 4.74 Å². The number of nitro groups is 1. The number of ether oxygens (including phenoxy) is 2. The van der Waals surface area contributed by atoms with E-state index in [1.807, 2.05) is 0 Å². The average molecular weight is 342 g/mol. The van der Waals surface area contributed by atoms with Crippen LogP contribution in [0.3, 0.4) is 0 Å². The van der Waals surface area contributed by atoms with E-state index in [-0.39, 0.29) is 22.6 Å². The monoisotopic (exact) mass is 342 g/mol. The van der Waals surface area contributed by atoms with Crippen LogP contribution in [0.15, 0.2) is 12.1 Å². The van der Waals surface area contributed by atoms with Crippen molar-refractivity contribution in [3.05, 3.63) is 33.4 Å². The second-order valence-corrected chi connectivity index (χ2v) is 5.56. The molecule has 0 aliphatic carbocycles. The number of hydrogen-bond acceptors (Lipinski definition) is 8. The molecule has 1 fully saturated rings. The number of carbonyl (C=O) groups excluding carboxylic acids is 1. The van der Waals surface area contributed by atoms with E-state index in [0.717, 1.165) is 12.1 Å². The Bertz CT molecular complexity index is 664. The van der Waals surface area contributed by atoms with Crippen molar-refractivity contribution in [2.75, 3.05) is 0 Å². The van der Waals surface area contributed by atoms with Gasteiger partial charge in [0.2, 0.25) is 6.29 Å². The van der Waals surface area contributed by atoms with Gasteiger partial charge in [0.25, 0.3) is 11.6 Å². The molecule has 132 valence electrons. The van der Waals surface area contributed by atoms with Gasteiger partial charge in [-0.05, 0) is 19.4 Å². The van der Waals surface area contributed by atoms with Crippen LogP contribution in [0.2, 0.25) is 0 Å². The largest absolute Gasteiger partial charge is 0.461 e. The smallest absolute Gasteiger partial charge is 0.273 e. The summed E-state index contributed by atoms with van der Waals surface area (Å²) in [6, 6.07) is 2.14. The highest BCUT2D eigenvalue weighted by molar-refractivity contribution is 5.97. The molecule has 1 aliphatic rings. The second kappa shape index (κ2) is 6.69. The van der Waals surface area contributed by atoms with Crippen LogP contribution < -0.4 is 10.5 Å². The highest BCUT2D eigenvalue weighted by Crippen LogP contribution is 2.31. The lowest BCUT2D eigenvalue weighted by Crippen LogP contribution is -2.58. The molecule has 0 unspecified atom stereocenters. The summed E-state index contributed by atoms with van der Waals surface area (Å²) in [6.45, 7) is 2.89. The number of nitro benzene ring substituents is 1. The zero-order chi connectivity index (χ0) is 18.2. The molecule has 10 nitrogen and oxygen atoms in total. The molecule has 0 aromatic heterocycles. The van der Waals surface area contributed by atoms with Crippen molar-refractivity contribution in [2.45, 2.75) is 44.6 Å². The quantitative estimate of drug-likeness (QED) is 0.408. The van der Waals surface area contributed by atoms with Gasteiger partial charge in [0.1, 0.15) is 24.1 Å². The minimum Gasteiger partial charge on any atom is -0.461 e. The van der Waals surface area contributed by atoms with Crippen LogP contribution in [0, 0.1) is 17.0 Å². The highest BCUT2D eigenvalue weighted by atomic mass is 16.7. The number of rotatable bonds is 4. The van der Waals surface area contributed by atoms with Crippen molar-refractivity contribution in [2.24, 2.45) is 5.73 Å². The third-order valence-corrected chi connectivity index (χ3v) is 3.79. The molecule has 1 saturated heterocycles. The van der Waals surface area contributed by atoms with Crippen molar-refractivity contribution in [3.63, 3.8) is 0 Å². The molecule has 2 rings (SSSR count). The van der Waals surface area contributed by atoms with E-state index in [9.17, 15) is 30.2 Å². The van der Waals surface area contributed by atoms with E-state index in [4.69, 9.17) is 15.2 Å². The molecule has 1 amide bonds. The first-order valence-corrected chi connectivity index (χ1v) is 7.08. The SMILES string of the molecule is Cc1cc([N+](=O)[O-])cc(O[C@H]2O[C@H](C)[C@@H](O)[C@H](O)[C@@H]2O)c1C(N)=O. The van der Waals surface area contributed by atoms with E-state index in [1.165, 1.54) is 13.8 Å². The van der Waals surface area contributed by atoms with E-state index in [1.54, 1.807) is 0 Å². The van der Waals surface area contributed by atoms with E-state index in [0.29, 0.717) is 0 Å². The summed E-state index contributed by atoms with van der Waals surface area (Å²) in [5, 5.41) is 40.4. The fraction of sp³-hybridized carbons (Fsp3) is 0.500. The minimum absolute atomic E-state index is 0.107. The molecule has 24 heavy (non-hydrogen) atoms. The van der Waals surface area contributed by atoms with Crippen LogP contribution in [0.25, 0.3) is 0 Å². The fourth-order valence-corrected chi connectivity index (χ4v) is 2.49. The Morgan fingerprint density at radius 2 is 1.92 bits per heavy atom. The molecule has 10 heteroatoms. The van der Waals surface area contributed by atoms with Crippen LogP contribution >= 0.6 is 0 Å². The Kier molecular flexibility index (Phi) is 5.04. The van der Waals surface area contributed by atoms with Crippen molar-refractivity contribution < 1.29 is 34.5 Å². The molecule has 0 spiro atoms. The van der Waals surface area contributed by atoms with Gasteiger partial charge in [0.05, 0.1) is 22.7 Å². The molecular weight excluding hydrogens is 324 g/mol. The summed E-state index contributed by atoms with van der Waals surface area (Å²) in [7, 11) is 0. The van der Waals surface area contributed by atoms with Crippen molar-refractivity contribution >= 4 is 11.6 Å². The van der Waals surface area contributed by atoms with Crippen LogP contribution in [-0.4, -0.2) is 56.9 Å². The third kappa shape index (κ3) is 3.31. The Morgan fingerprint density at radius 1 is 1.29 bits per heavy atom. The zero-order valence-electron chi connectivity index (χ0n) is 12.9. The topological polar surface area (TPSA) is 165 Å². The first-order valence-electron chi connectivity index (χ1n) is 7.08. The van der Waals surface area contributed by atoms with E-state index < -0.39 is 41.5 Å². The molecule has 1 heterocycles. The van der Waals surface area contributed by atoms with E-state index in [2.05, 4.69) is 0 Å². The number of primary amides is 1. The molecule has 1 aliphatic heterocycles. The summed E-state index contributed by atoms with van der Waals surface area (Å²) in [6.07, 6.45) is -6.82. The number of amides is 1. The first-order chi connectivity index (χ1) is 11.1. The third-order valence-electron chi connectivity index (χ3n) is 3.79. The molecule has 5 N–H and O–H groups in total. The summed E-state index contributed by atoms with van der Waals surface area (Å²) in [4.78, 5) is 21.9. The van der Waals surface area contributed by atoms with Gasteiger partial charge in [-0.25, -0.2) is 0 Å². The molecular formula is C14H18N2O8. The predicted octanol–water partition coefficient (Wildman–Crippen LogP) is -0.792. The van der Waals surface area contributed by atoms with E-state index >= 15 is 0 Å². The number of benzene rings is 1. The fourth-order valence-electron chi connectivity index (χ4n) is 2.49. The molecule has 1 aromatic carbocycles. The zero-order valence-corrected chi connectivity index (χ0v) is 12.9. The average Bonchev–Trinajstić information content (AvgIpc) is 2.49. The molecule has 5 atom stereocenters. The number of aliphatic hydroxyl groups is 3. The predicted molar refractivity (Wildman–Crippen MR) is 79.3 cm³/mol. The standard InChI is InChI=1S/C14H18N2O8/c1-5-3-7(16(21)22)4-8(9(5)13(15)20)24-14-12(19)11(18)10(17)6(2)23-14/h3-4,6,10-12,14,17-19H,1-2H3,(H2,15,20)/t6-,10-,11+,12+,14-/m1/s1. The summed E-state index contributed by atoms with van der Waals surface area (Å²) < 4.78 is 10.6. The Morgan fingerprint density at radius 3 is 2.46 bits per heavy atom. The van der Waals surface area contributed by atoms with Gasteiger partial charge in [-0.1, -0.05) is 0 Å². The maximum Gasteiger partial charge on any atom is 0.273 e. The Hall–Kier alpha value is -2.27. The molecule has 0 bridgehead atoms. The highest BCUT2D eigenvalue weighted by Gasteiger charge is 2.43. The number of hydrogen-bond donors (Lipinski definition) is 4. The van der Waals surface area contributed by atoms with Crippen LogP contribution in [0.1, 0.15) is 22.8 Å². The number of aliphatic hydroxyl groups excluding tert-OH is 3. The number of aryl methyl sites for hydroxylation is 1. The molecule has 1 aromatic rings. The number of nitrogens with zero attached hydrogens (tertiary/aromatic N) is 1. The van der Waals surface area contributed by atoms with Crippen molar-refractivity contribution in [3.8, 4) is 5.75 Å². The van der Waals surface area contributed by atoms with Crippen molar-refractivity contribution in [1.82, 2.24) is 0 Å². The van der Waals surface area contributed by atoms with Gasteiger partial charge in [0, 0.05) is 6.07 Å².